The summed E-state index contributed by atoms with van der Waals surface area (Å²) in [6.07, 6.45) is 0. The van der Waals surface area contributed by atoms with Crippen molar-refractivity contribution in [3.63, 3.8) is 0 Å². The van der Waals surface area contributed by atoms with Gasteiger partial charge in [-0.2, -0.15) is 0 Å². The van der Waals surface area contributed by atoms with Gasteiger partial charge in [0.05, 0.1) is 0 Å². The fraction of sp³-hybridized carbons (Fsp3) is 0. The third-order valence-corrected chi connectivity index (χ3v) is 1.73. The van der Waals surface area contributed by atoms with Crippen LogP contribution in [0.3, 0.4) is 0 Å². The first kappa shape index (κ1) is 10.9. The zero-order valence-electron chi connectivity index (χ0n) is 5.69. The van der Waals surface area contributed by atoms with Gasteiger partial charge in [-0.05, 0) is 10.9 Å². The van der Waals surface area contributed by atoms with Crippen LogP contribution < -0.4 is 8.72 Å². The molecule has 0 saturated heterocycles. The average molecular weight is 276 g/mol. The molecule has 0 bridgehead atoms. The molecule has 1 aromatic rings. The van der Waals surface area contributed by atoms with E-state index >= 15 is 0 Å². The van der Waals surface area contributed by atoms with E-state index in [0.717, 1.165) is 0 Å². The molecule has 0 aromatic heterocycles. The Labute approximate surface area is 80.8 Å². The van der Waals surface area contributed by atoms with Crippen LogP contribution in [0.2, 0.25) is 0 Å². The first-order chi connectivity index (χ1) is 5.13. The second-order valence-electron chi connectivity index (χ2n) is 1.63. The maximum absolute atomic E-state index is 8.78. The van der Waals surface area contributed by atoms with Crippen molar-refractivity contribution in [1.29, 1.82) is 0 Å². The van der Waals surface area contributed by atoms with Crippen LogP contribution in [0.25, 0.3) is 0 Å². The summed E-state index contributed by atoms with van der Waals surface area (Å²) in [4.78, 5) is 0. The van der Waals surface area contributed by atoms with Crippen molar-refractivity contribution in [2.24, 2.45) is 5.14 Å². The summed E-state index contributed by atoms with van der Waals surface area (Å²) in [7, 11) is -2.36. The normalized spacial score (nSPS) is 8.55. The van der Waals surface area contributed by atoms with E-state index in [9.17, 15) is 0 Å². The summed E-state index contributed by atoms with van der Waals surface area (Å²) in [5.41, 5.74) is 0. The van der Waals surface area contributed by atoms with Gasteiger partial charge in [0.1, 0.15) is 0 Å². The molecule has 0 fully saturated rings. The molecule has 0 aliphatic rings. The van der Waals surface area contributed by atoms with E-state index in [4.69, 9.17) is 8.42 Å². The molecule has 0 aliphatic heterocycles. The van der Waals surface area contributed by atoms with Gasteiger partial charge in [-0.15, -0.1) is 0 Å². The Morgan fingerprint density at radius 2 is 1.55 bits per heavy atom. The van der Waals surface area contributed by atoms with Crippen LogP contribution in [0.4, 0.5) is 0 Å². The van der Waals surface area contributed by atoms with Crippen LogP contribution in [0.5, 0.6) is 0 Å². The second-order valence-corrected chi connectivity index (χ2v) is 3.80. The van der Waals surface area contributed by atoms with Gasteiger partial charge in [-0.3, -0.25) is 0 Å². The molecular formula is C6H7NO2SSn. The Bertz CT molecular complexity index is 253. The summed E-state index contributed by atoms with van der Waals surface area (Å²) in [5.74, 6) is 0. The third-order valence-electron chi connectivity index (χ3n) is 0.774. The first-order valence-electron chi connectivity index (χ1n) is 2.73. The van der Waals surface area contributed by atoms with E-state index in [1.54, 1.807) is 0 Å². The molecule has 0 amide bonds. The van der Waals surface area contributed by atoms with Crippen molar-refractivity contribution >= 4 is 37.0 Å². The zero-order chi connectivity index (χ0) is 8.69. The van der Waals surface area contributed by atoms with Crippen LogP contribution in [0, 0.1) is 0 Å². The molecule has 0 saturated carbocycles. The molecule has 3 nitrogen and oxygen atoms in total. The standard InChI is InChI=1S/C6H5.H2NO2S.Sn/c1-2-4-6-5-3-1;1-4(2)3;/h1-5H;(H2,1,2,3);/q;-1;+1. The third kappa shape index (κ3) is 9.93. The van der Waals surface area contributed by atoms with E-state index < -0.39 is 10.9 Å². The van der Waals surface area contributed by atoms with Gasteiger partial charge < -0.3 is 13.6 Å². The Hall–Kier alpha value is -0.0713. The van der Waals surface area contributed by atoms with Gasteiger partial charge in [0.2, 0.25) is 0 Å². The molecule has 1 aromatic carbocycles. The summed E-state index contributed by atoms with van der Waals surface area (Å²) in [6, 6.07) is 10.4. The van der Waals surface area contributed by atoms with Gasteiger partial charge in [-0.25, -0.2) is 0 Å². The second kappa shape index (κ2) is 6.63. The van der Waals surface area contributed by atoms with Crippen molar-refractivity contribution in [3.8, 4) is 0 Å². The van der Waals surface area contributed by atoms with Crippen LogP contribution >= 0.6 is 0 Å². The van der Waals surface area contributed by atoms with Crippen molar-refractivity contribution < 1.29 is 8.42 Å². The van der Waals surface area contributed by atoms with Gasteiger partial charge in [0.15, 0.2) is 0 Å². The maximum atomic E-state index is 8.78. The number of benzene rings is 1. The number of hydrogen-bond donors (Lipinski definition) is 1. The summed E-state index contributed by atoms with van der Waals surface area (Å²) in [6.45, 7) is 0. The fourth-order valence-electron chi connectivity index (χ4n) is 0.438. The molecule has 2 radical (unpaired) electrons. The van der Waals surface area contributed by atoms with E-state index in [-0.39, 0.29) is 0 Å². The van der Waals surface area contributed by atoms with Crippen LogP contribution in [-0.2, 0) is 19.3 Å². The molecule has 58 valence electrons. The SMILES string of the molecule is N[S-](=O)=O.[Sn+][c]1ccccc1. The predicted octanol–water partition coefficient (Wildman–Crippen LogP) is -0.350. The fourth-order valence-corrected chi connectivity index (χ4v) is 0.987. The van der Waals surface area contributed by atoms with Crippen molar-refractivity contribution in [2.75, 3.05) is 0 Å². The summed E-state index contributed by atoms with van der Waals surface area (Å²) < 4.78 is 19.0. The van der Waals surface area contributed by atoms with Crippen LogP contribution in [-0.4, -0.2) is 22.5 Å². The van der Waals surface area contributed by atoms with Gasteiger partial charge in [0.25, 0.3) is 0 Å². The van der Waals surface area contributed by atoms with E-state index in [2.05, 4.69) is 29.4 Å². The molecule has 1 rings (SSSR count). The minimum absolute atomic E-state index is 1.41. The van der Waals surface area contributed by atoms with Gasteiger partial charge in [0, 0.05) is 0 Å². The quantitative estimate of drug-likeness (QED) is 0.520. The summed E-state index contributed by atoms with van der Waals surface area (Å²) in [5, 5.41) is 4.03. The van der Waals surface area contributed by atoms with E-state index in [1.165, 1.54) is 26.1 Å². The molecule has 11 heavy (non-hydrogen) atoms. The van der Waals surface area contributed by atoms with Crippen molar-refractivity contribution in [2.45, 2.75) is 0 Å². The Balaban J connectivity index is 0.000000218. The average Bonchev–Trinajstić information content (AvgIpc) is 1.87. The van der Waals surface area contributed by atoms with E-state index in [1.807, 2.05) is 6.07 Å². The Kier molecular flexibility index (Phi) is 6.58. The minimum atomic E-state index is -2.36. The number of hydrogen-bond acceptors (Lipinski definition) is 3. The topological polar surface area (TPSA) is 60.2 Å². The molecule has 0 aliphatic carbocycles. The predicted molar refractivity (Wildman–Crippen MR) is 44.8 cm³/mol. The molecule has 0 atom stereocenters. The van der Waals surface area contributed by atoms with Crippen LogP contribution in [0.1, 0.15) is 0 Å². The molecule has 0 unspecified atom stereocenters. The molecular weight excluding hydrogens is 269 g/mol. The van der Waals surface area contributed by atoms with Crippen LogP contribution in [0.15, 0.2) is 30.3 Å². The first-order valence-corrected chi connectivity index (χ1v) is 5.29. The monoisotopic (exact) mass is 277 g/mol. The summed E-state index contributed by atoms with van der Waals surface area (Å²) >= 11 is 1.49. The molecule has 2 N–H and O–H groups in total. The van der Waals surface area contributed by atoms with E-state index in [0.29, 0.717) is 0 Å². The number of nitrogens with two attached hydrogens (primary N) is 1. The van der Waals surface area contributed by atoms with Gasteiger partial charge in [-0.1, -0.05) is 0 Å². The van der Waals surface area contributed by atoms with Crippen molar-refractivity contribution in [1.82, 2.24) is 0 Å². The molecule has 0 spiro atoms. The Morgan fingerprint density at radius 3 is 1.73 bits per heavy atom. The molecule has 5 heteroatoms. The van der Waals surface area contributed by atoms with Gasteiger partial charge >= 0.3 is 56.4 Å². The zero-order valence-corrected chi connectivity index (χ0v) is 9.36. The van der Waals surface area contributed by atoms with Crippen molar-refractivity contribution in [3.05, 3.63) is 30.3 Å². The Morgan fingerprint density at radius 1 is 1.18 bits per heavy atom. The number of rotatable bonds is 0. The molecule has 0 heterocycles.